The largest absolute Gasteiger partial charge is 0.293 e. The van der Waals surface area contributed by atoms with E-state index in [0.717, 1.165) is 5.56 Å². The van der Waals surface area contributed by atoms with Crippen molar-refractivity contribution in [3.63, 3.8) is 0 Å². The summed E-state index contributed by atoms with van der Waals surface area (Å²) in [5.74, 6) is 0.0619. The number of hydrogen-bond acceptors (Lipinski definition) is 2. The van der Waals surface area contributed by atoms with E-state index in [9.17, 15) is 4.79 Å². The summed E-state index contributed by atoms with van der Waals surface area (Å²) < 4.78 is 1.92. The molecular weight excluding hydrogens is 152 g/mol. The van der Waals surface area contributed by atoms with E-state index in [2.05, 4.69) is 5.10 Å². The van der Waals surface area contributed by atoms with Crippen molar-refractivity contribution in [2.24, 2.45) is 0 Å². The first-order valence-corrected chi connectivity index (χ1v) is 4.25. The SMILES string of the molecule is CC(=O)c1nn(C2CC2)cc1C. The third kappa shape index (κ3) is 1.15. The standard InChI is InChI=1S/C9H12N2O/c1-6-5-11(8-3-4-8)10-9(6)7(2)12/h5,8H,3-4H2,1-2H3. The van der Waals surface area contributed by atoms with Crippen LogP contribution in [0.25, 0.3) is 0 Å². The highest BCUT2D eigenvalue weighted by molar-refractivity contribution is 5.93. The van der Waals surface area contributed by atoms with Crippen LogP contribution in [0.1, 0.15) is 41.9 Å². The molecule has 0 bridgehead atoms. The van der Waals surface area contributed by atoms with E-state index >= 15 is 0 Å². The average Bonchev–Trinajstić information content (AvgIpc) is 2.75. The van der Waals surface area contributed by atoms with Gasteiger partial charge in [0.15, 0.2) is 5.78 Å². The molecule has 3 nitrogen and oxygen atoms in total. The van der Waals surface area contributed by atoms with Crippen LogP contribution in [0.4, 0.5) is 0 Å². The highest BCUT2D eigenvalue weighted by Gasteiger charge is 2.25. The number of carbonyl (C=O) groups excluding carboxylic acids is 1. The minimum Gasteiger partial charge on any atom is -0.293 e. The van der Waals surface area contributed by atoms with Crippen molar-refractivity contribution in [1.29, 1.82) is 0 Å². The summed E-state index contributed by atoms with van der Waals surface area (Å²) >= 11 is 0. The fourth-order valence-electron chi connectivity index (χ4n) is 1.36. The number of aromatic nitrogens is 2. The molecule has 0 aliphatic heterocycles. The number of rotatable bonds is 2. The highest BCUT2D eigenvalue weighted by Crippen LogP contribution is 2.34. The second kappa shape index (κ2) is 2.44. The minimum absolute atomic E-state index is 0.0619. The Morgan fingerprint density at radius 2 is 2.33 bits per heavy atom. The van der Waals surface area contributed by atoms with Crippen LogP contribution >= 0.6 is 0 Å². The molecular formula is C9H12N2O. The van der Waals surface area contributed by atoms with E-state index < -0.39 is 0 Å². The molecule has 1 aromatic heterocycles. The maximum Gasteiger partial charge on any atom is 0.180 e. The lowest BCUT2D eigenvalue weighted by Crippen LogP contribution is -1.99. The Morgan fingerprint density at radius 3 is 2.75 bits per heavy atom. The Hall–Kier alpha value is -1.12. The van der Waals surface area contributed by atoms with Gasteiger partial charge in [-0.1, -0.05) is 0 Å². The normalized spacial score (nSPS) is 16.5. The number of nitrogens with zero attached hydrogens (tertiary/aromatic N) is 2. The molecule has 3 heteroatoms. The lowest BCUT2D eigenvalue weighted by Gasteiger charge is -1.93. The van der Waals surface area contributed by atoms with Gasteiger partial charge in [-0.2, -0.15) is 5.10 Å². The van der Waals surface area contributed by atoms with Crippen molar-refractivity contribution >= 4 is 5.78 Å². The molecule has 1 saturated carbocycles. The second-order valence-electron chi connectivity index (χ2n) is 3.43. The smallest absolute Gasteiger partial charge is 0.180 e. The molecule has 1 fully saturated rings. The van der Waals surface area contributed by atoms with Crippen LogP contribution in [0.5, 0.6) is 0 Å². The quantitative estimate of drug-likeness (QED) is 0.624. The highest BCUT2D eigenvalue weighted by atomic mass is 16.1. The molecule has 1 aromatic rings. The van der Waals surface area contributed by atoms with E-state index in [4.69, 9.17) is 0 Å². The van der Waals surface area contributed by atoms with Crippen LogP contribution in [0.2, 0.25) is 0 Å². The third-order valence-corrected chi connectivity index (χ3v) is 2.17. The van der Waals surface area contributed by atoms with Gasteiger partial charge in [0.1, 0.15) is 5.69 Å². The first-order chi connectivity index (χ1) is 5.68. The molecule has 0 atom stereocenters. The third-order valence-electron chi connectivity index (χ3n) is 2.17. The molecule has 0 radical (unpaired) electrons. The molecule has 12 heavy (non-hydrogen) atoms. The lowest BCUT2D eigenvalue weighted by molar-refractivity contribution is 0.101. The fraction of sp³-hybridized carbons (Fsp3) is 0.556. The van der Waals surface area contributed by atoms with Crippen LogP contribution < -0.4 is 0 Å². The van der Waals surface area contributed by atoms with Gasteiger partial charge in [-0.05, 0) is 25.3 Å². The van der Waals surface area contributed by atoms with Gasteiger partial charge in [0.05, 0.1) is 6.04 Å². The topological polar surface area (TPSA) is 34.9 Å². The minimum atomic E-state index is 0.0619. The second-order valence-corrected chi connectivity index (χ2v) is 3.43. The first kappa shape index (κ1) is 7.53. The molecule has 0 spiro atoms. The molecule has 0 unspecified atom stereocenters. The van der Waals surface area contributed by atoms with Crippen LogP contribution in [0, 0.1) is 6.92 Å². The molecule has 1 aliphatic carbocycles. The monoisotopic (exact) mass is 164 g/mol. The van der Waals surface area contributed by atoms with E-state index in [0.29, 0.717) is 11.7 Å². The summed E-state index contributed by atoms with van der Waals surface area (Å²) in [5.41, 5.74) is 1.62. The van der Waals surface area contributed by atoms with Crippen LogP contribution in [0.3, 0.4) is 0 Å². The van der Waals surface area contributed by atoms with E-state index in [-0.39, 0.29) is 5.78 Å². The number of aryl methyl sites for hydroxylation is 1. The molecule has 0 saturated heterocycles. The molecule has 0 N–H and O–H groups in total. The van der Waals surface area contributed by atoms with Gasteiger partial charge >= 0.3 is 0 Å². The zero-order valence-corrected chi connectivity index (χ0v) is 7.37. The molecule has 0 amide bonds. The maximum absolute atomic E-state index is 11.0. The predicted molar refractivity (Wildman–Crippen MR) is 45.2 cm³/mol. The number of ketones is 1. The van der Waals surface area contributed by atoms with Crippen molar-refractivity contribution in [3.05, 3.63) is 17.5 Å². The molecule has 64 valence electrons. The Kier molecular flexibility index (Phi) is 1.53. The van der Waals surface area contributed by atoms with Crippen molar-refractivity contribution in [3.8, 4) is 0 Å². The summed E-state index contributed by atoms with van der Waals surface area (Å²) in [6, 6.07) is 0.566. The van der Waals surface area contributed by atoms with Crippen molar-refractivity contribution < 1.29 is 4.79 Å². The van der Waals surface area contributed by atoms with Gasteiger partial charge in [-0.3, -0.25) is 9.48 Å². The van der Waals surface area contributed by atoms with E-state index in [1.165, 1.54) is 12.8 Å². The number of carbonyl (C=O) groups is 1. The van der Waals surface area contributed by atoms with Crippen molar-refractivity contribution in [2.75, 3.05) is 0 Å². The average molecular weight is 164 g/mol. The van der Waals surface area contributed by atoms with E-state index in [1.807, 2.05) is 17.8 Å². The summed E-state index contributed by atoms with van der Waals surface area (Å²) in [6.45, 7) is 3.50. The van der Waals surface area contributed by atoms with Crippen LogP contribution in [-0.2, 0) is 0 Å². The van der Waals surface area contributed by atoms with Gasteiger partial charge in [0.25, 0.3) is 0 Å². The molecule has 1 heterocycles. The fourth-order valence-corrected chi connectivity index (χ4v) is 1.36. The maximum atomic E-state index is 11.0. The van der Waals surface area contributed by atoms with Gasteiger partial charge < -0.3 is 0 Å². The van der Waals surface area contributed by atoms with Gasteiger partial charge in [0.2, 0.25) is 0 Å². The first-order valence-electron chi connectivity index (χ1n) is 4.25. The Labute approximate surface area is 71.4 Å². The Bertz CT molecular complexity index is 323. The van der Waals surface area contributed by atoms with Crippen molar-refractivity contribution in [1.82, 2.24) is 9.78 Å². The van der Waals surface area contributed by atoms with Crippen molar-refractivity contribution in [2.45, 2.75) is 32.7 Å². The Morgan fingerprint density at radius 1 is 1.67 bits per heavy atom. The molecule has 2 rings (SSSR count). The van der Waals surface area contributed by atoms with Gasteiger partial charge in [0, 0.05) is 13.1 Å². The molecule has 0 aromatic carbocycles. The summed E-state index contributed by atoms with van der Waals surface area (Å²) in [5, 5.41) is 4.24. The molecule has 1 aliphatic rings. The van der Waals surface area contributed by atoms with Gasteiger partial charge in [-0.25, -0.2) is 0 Å². The zero-order valence-electron chi connectivity index (χ0n) is 7.37. The number of hydrogen-bond donors (Lipinski definition) is 0. The summed E-state index contributed by atoms with van der Waals surface area (Å²) in [6.07, 6.45) is 4.38. The van der Waals surface area contributed by atoms with Crippen LogP contribution in [0.15, 0.2) is 6.20 Å². The summed E-state index contributed by atoms with van der Waals surface area (Å²) in [4.78, 5) is 11.0. The predicted octanol–water partition coefficient (Wildman–Crippen LogP) is 1.73. The van der Waals surface area contributed by atoms with E-state index in [1.54, 1.807) is 6.92 Å². The van der Waals surface area contributed by atoms with Gasteiger partial charge in [-0.15, -0.1) is 0 Å². The number of Topliss-reactive ketones (excluding diaryl/α,β-unsaturated/α-hetero) is 1. The van der Waals surface area contributed by atoms with Crippen LogP contribution in [-0.4, -0.2) is 15.6 Å². The lowest BCUT2D eigenvalue weighted by atomic mass is 10.2. The zero-order chi connectivity index (χ0) is 8.72. The Balaban J connectivity index is 2.36. The summed E-state index contributed by atoms with van der Waals surface area (Å²) in [7, 11) is 0.